The van der Waals surface area contributed by atoms with E-state index >= 15 is 0 Å². The van der Waals surface area contributed by atoms with Gasteiger partial charge in [0.2, 0.25) is 0 Å². The van der Waals surface area contributed by atoms with E-state index in [0.29, 0.717) is 37.9 Å². The normalized spacial score (nSPS) is 14.4. The summed E-state index contributed by atoms with van der Waals surface area (Å²) in [6.07, 6.45) is 17.8. The summed E-state index contributed by atoms with van der Waals surface area (Å²) >= 11 is 0. The molecule has 14 heteroatoms. The summed E-state index contributed by atoms with van der Waals surface area (Å²) in [5, 5.41) is 0. The van der Waals surface area contributed by atoms with Crippen molar-refractivity contribution in [1.29, 1.82) is 0 Å². The van der Waals surface area contributed by atoms with Crippen LogP contribution in [0.4, 0.5) is 0 Å². The minimum absolute atomic E-state index is 0.154. The summed E-state index contributed by atoms with van der Waals surface area (Å²) < 4.78 is 44.2. The van der Waals surface area contributed by atoms with Crippen molar-refractivity contribution in [2.45, 2.75) is 102 Å². The quantitative estimate of drug-likeness (QED) is 0.0210. The Hall–Kier alpha value is -6.38. The highest BCUT2D eigenvalue weighted by Crippen LogP contribution is 2.24. The van der Waals surface area contributed by atoms with Crippen molar-refractivity contribution in [2.75, 3.05) is 39.6 Å². The van der Waals surface area contributed by atoms with Crippen molar-refractivity contribution >= 4 is 23.9 Å². The molecule has 4 aromatic rings. The van der Waals surface area contributed by atoms with Gasteiger partial charge in [0.1, 0.15) is 11.5 Å². The fourth-order valence-corrected chi connectivity index (χ4v) is 6.86. The molecule has 1 aliphatic rings. The molecular weight excluding hydrogens is 845 g/mol. The largest absolute Gasteiger partial charge is 0.492 e. The Morgan fingerprint density at radius 3 is 1.17 bits per heavy atom. The Balaban J connectivity index is 0.971. The lowest BCUT2D eigenvalue weighted by molar-refractivity contribution is -0.288. The predicted octanol–water partition coefficient (Wildman–Crippen LogP) is 10.2. The molecular formula is C52H62N2O12. The number of ether oxygens (including phenoxy) is 8. The van der Waals surface area contributed by atoms with Crippen molar-refractivity contribution in [2.24, 2.45) is 0 Å². The molecule has 1 saturated heterocycles. The number of hydrogen-bond acceptors (Lipinski definition) is 14. The van der Waals surface area contributed by atoms with E-state index in [2.05, 4.69) is 23.1 Å². The number of esters is 4. The maximum absolute atomic E-state index is 13.1. The van der Waals surface area contributed by atoms with E-state index in [1.807, 2.05) is 24.3 Å². The van der Waals surface area contributed by atoms with Crippen LogP contribution in [0.5, 0.6) is 11.5 Å². The topological polar surface area (TPSA) is 168 Å². The first-order chi connectivity index (χ1) is 32.3. The van der Waals surface area contributed by atoms with E-state index in [0.717, 1.165) is 112 Å². The molecule has 2 aromatic heterocycles. The van der Waals surface area contributed by atoms with E-state index in [9.17, 15) is 19.2 Å². The van der Waals surface area contributed by atoms with Gasteiger partial charge in [0.05, 0.1) is 74.5 Å². The summed E-state index contributed by atoms with van der Waals surface area (Å²) in [6, 6.07) is 21.1. The smallest absolute Gasteiger partial charge is 0.340 e. The summed E-state index contributed by atoms with van der Waals surface area (Å²) in [4.78, 5) is 57.5. The highest BCUT2D eigenvalue weighted by atomic mass is 16.8. The summed E-state index contributed by atoms with van der Waals surface area (Å²) in [5.41, 5.74) is 3.59. The number of hydrogen-bond donors (Lipinski definition) is 0. The fraction of sp³-hybridized carbons (Fsp3) is 0.423. The van der Waals surface area contributed by atoms with E-state index < -0.39 is 24.5 Å². The van der Waals surface area contributed by atoms with Gasteiger partial charge in [-0.25, -0.2) is 19.2 Å². The van der Waals surface area contributed by atoms with E-state index in [1.54, 1.807) is 60.9 Å². The molecule has 66 heavy (non-hydrogen) atoms. The van der Waals surface area contributed by atoms with Gasteiger partial charge in [-0.15, -0.1) is 0 Å². The second kappa shape index (κ2) is 29.2. The van der Waals surface area contributed by atoms with Crippen molar-refractivity contribution in [3.8, 4) is 34.0 Å². The van der Waals surface area contributed by atoms with Crippen LogP contribution in [-0.4, -0.2) is 86.1 Å². The molecule has 2 atom stereocenters. The molecule has 0 bridgehead atoms. The van der Waals surface area contributed by atoms with Gasteiger partial charge in [-0.3, -0.25) is 9.97 Å². The zero-order valence-electron chi connectivity index (χ0n) is 37.7. The molecule has 0 spiro atoms. The average molecular weight is 907 g/mol. The van der Waals surface area contributed by atoms with Crippen LogP contribution in [0, 0.1) is 0 Å². The first-order valence-electron chi connectivity index (χ1n) is 22.9. The zero-order chi connectivity index (χ0) is 46.6. The van der Waals surface area contributed by atoms with Crippen molar-refractivity contribution in [3.05, 3.63) is 122 Å². The molecule has 0 radical (unpaired) electrons. The van der Waals surface area contributed by atoms with E-state index in [1.165, 1.54) is 12.2 Å². The van der Waals surface area contributed by atoms with Gasteiger partial charge < -0.3 is 37.9 Å². The van der Waals surface area contributed by atoms with Gasteiger partial charge in [-0.1, -0.05) is 102 Å². The van der Waals surface area contributed by atoms with Gasteiger partial charge >= 0.3 is 23.9 Å². The third kappa shape index (κ3) is 18.2. The number of unbranched alkanes of at least 4 members (excludes halogenated alkanes) is 12. The number of pyridine rings is 2. The van der Waals surface area contributed by atoms with E-state index in [4.69, 9.17) is 37.9 Å². The van der Waals surface area contributed by atoms with Crippen molar-refractivity contribution in [1.82, 2.24) is 9.97 Å². The van der Waals surface area contributed by atoms with Crippen LogP contribution in [0.1, 0.15) is 111 Å². The molecule has 0 unspecified atom stereocenters. The Bertz CT molecular complexity index is 1940. The standard InChI is InChI=1S/C52H62N2O12/c1-3-47(55)61-33-17-13-9-5-7-11-15-31-59-43-27-29-45(53-37-43)39-19-23-41(24-20-39)49(57)65-51-52(64-36-35-63-51)66-50(58)42-25-21-40(22-26-42)46-30-28-44(38-54-46)60-32-16-12-8-6-10-14-18-34-62-48(56)4-2/h3-4,19-30,37-38,51-52H,1-2,5-18,31-36H2/t51-,52-/m0/s1. The van der Waals surface area contributed by atoms with Crippen LogP contribution in [-0.2, 0) is 38.0 Å². The Labute approximate surface area is 387 Å². The molecule has 2 aromatic carbocycles. The van der Waals surface area contributed by atoms with Crippen LogP contribution in [0.2, 0.25) is 0 Å². The predicted molar refractivity (Wildman–Crippen MR) is 248 cm³/mol. The van der Waals surface area contributed by atoms with Gasteiger partial charge in [0.15, 0.2) is 0 Å². The van der Waals surface area contributed by atoms with Crippen LogP contribution >= 0.6 is 0 Å². The summed E-state index contributed by atoms with van der Waals surface area (Å²) in [5.74, 6) is -0.703. The minimum atomic E-state index is -1.27. The highest BCUT2D eigenvalue weighted by molar-refractivity contribution is 5.91. The molecule has 5 rings (SSSR count). The third-order valence-corrected chi connectivity index (χ3v) is 10.6. The highest BCUT2D eigenvalue weighted by Gasteiger charge is 2.34. The SMILES string of the molecule is C=CC(=O)OCCCCCCCCCOc1ccc(-c2ccc(C(=O)O[C@@H]3OCCO[C@H]3OC(=O)c3ccc(-c4ccc(OCCCCCCCCCOC(=O)C=C)cn4)cc3)cc2)nc1. The number of nitrogens with zero attached hydrogens (tertiary/aromatic N) is 2. The van der Waals surface area contributed by atoms with Gasteiger partial charge in [-0.2, -0.15) is 0 Å². The molecule has 0 N–H and O–H groups in total. The third-order valence-electron chi connectivity index (χ3n) is 10.6. The fourth-order valence-electron chi connectivity index (χ4n) is 6.86. The first-order valence-corrected chi connectivity index (χ1v) is 22.9. The maximum Gasteiger partial charge on any atom is 0.340 e. The van der Waals surface area contributed by atoms with Crippen LogP contribution in [0.15, 0.2) is 111 Å². The number of rotatable bonds is 30. The second-order valence-electron chi connectivity index (χ2n) is 15.6. The molecule has 0 aliphatic carbocycles. The maximum atomic E-state index is 13.1. The molecule has 1 fully saturated rings. The molecule has 14 nitrogen and oxygen atoms in total. The first kappa shape index (κ1) is 50.6. The number of benzene rings is 2. The number of aromatic nitrogens is 2. The molecule has 352 valence electrons. The molecule has 3 heterocycles. The molecule has 0 amide bonds. The van der Waals surface area contributed by atoms with Crippen LogP contribution in [0.25, 0.3) is 22.5 Å². The zero-order valence-corrected chi connectivity index (χ0v) is 37.7. The van der Waals surface area contributed by atoms with E-state index in [-0.39, 0.29) is 36.3 Å². The lowest BCUT2D eigenvalue weighted by Gasteiger charge is -2.30. The second-order valence-corrected chi connectivity index (χ2v) is 15.6. The van der Waals surface area contributed by atoms with Crippen LogP contribution in [0.3, 0.4) is 0 Å². The van der Waals surface area contributed by atoms with Crippen molar-refractivity contribution in [3.63, 3.8) is 0 Å². The van der Waals surface area contributed by atoms with Gasteiger partial charge in [0, 0.05) is 23.3 Å². The Kier molecular flexibility index (Phi) is 22.4. The lowest BCUT2D eigenvalue weighted by atomic mass is 10.1. The Morgan fingerprint density at radius 2 is 0.833 bits per heavy atom. The number of carbonyl (C=O) groups excluding carboxylic acids is 4. The summed E-state index contributed by atoms with van der Waals surface area (Å²) in [7, 11) is 0. The minimum Gasteiger partial charge on any atom is -0.492 e. The number of carbonyl (C=O) groups is 4. The monoisotopic (exact) mass is 906 g/mol. The van der Waals surface area contributed by atoms with Gasteiger partial charge in [-0.05, 0) is 74.2 Å². The Morgan fingerprint density at radius 1 is 0.485 bits per heavy atom. The van der Waals surface area contributed by atoms with Crippen molar-refractivity contribution < 1.29 is 57.1 Å². The summed E-state index contributed by atoms with van der Waals surface area (Å²) in [6.45, 7) is 9.19. The van der Waals surface area contributed by atoms with Gasteiger partial charge in [0.25, 0.3) is 12.6 Å². The van der Waals surface area contributed by atoms with Crippen LogP contribution < -0.4 is 9.47 Å². The molecule has 1 aliphatic heterocycles. The average Bonchev–Trinajstić information content (AvgIpc) is 3.35. The molecule has 0 saturated carbocycles. The lowest BCUT2D eigenvalue weighted by Crippen LogP contribution is -2.44.